The van der Waals surface area contributed by atoms with Gasteiger partial charge in [0.1, 0.15) is 11.6 Å². The number of benzene rings is 1. The molecule has 0 spiro atoms. The van der Waals surface area contributed by atoms with Crippen molar-refractivity contribution in [2.75, 3.05) is 4.90 Å². The van der Waals surface area contributed by atoms with Gasteiger partial charge in [-0.1, -0.05) is 32.9 Å². The average Bonchev–Trinajstić information content (AvgIpc) is 2.50. The van der Waals surface area contributed by atoms with Gasteiger partial charge in [-0.25, -0.2) is 0 Å². The zero-order chi connectivity index (χ0) is 15.6. The zero-order valence-electron chi connectivity index (χ0n) is 13.3. The van der Waals surface area contributed by atoms with Crippen LogP contribution in [0.4, 0.5) is 5.69 Å². The van der Waals surface area contributed by atoms with Crippen LogP contribution >= 0.6 is 0 Å². The van der Waals surface area contributed by atoms with Gasteiger partial charge in [-0.3, -0.25) is 14.5 Å². The smallest absolute Gasteiger partial charge is 0.253 e. The van der Waals surface area contributed by atoms with Crippen LogP contribution in [0, 0.1) is 0 Å². The van der Waals surface area contributed by atoms with Crippen LogP contribution in [0.3, 0.4) is 0 Å². The Hall–Kier alpha value is -1.84. The second-order valence-electron chi connectivity index (χ2n) is 5.80. The maximum absolute atomic E-state index is 12.9. The summed E-state index contributed by atoms with van der Waals surface area (Å²) in [6.45, 7) is 7.74. The highest BCUT2D eigenvalue weighted by Gasteiger charge is 2.46. The fourth-order valence-corrected chi connectivity index (χ4v) is 2.76. The summed E-state index contributed by atoms with van der Waals surface area (Å²) in [5.41, 5.74) is 1.17. The third-order valence-electron chi connectivity index (χ3n) is 4.40. The minimum atomic E-state index is -0.815. The second kappa shape index (κ2) is 5.88. The van der Waals surface area contributed by atoms with Gasteiger partial charge in [0.25, 0.3) is 5.91 Å². The quantitative estimate of drug-likeness (QED) is 0.926. The lowest BCUT2D eigenvalue weighted by Crippen LogP contribution is -2.69. The summed E-state index contributed by atoms with van der Waals surface area (Å²) in [6.07, 6.45) is 2.09. The van der Waals surface area contributed by atoms with E-state index in [9.17, 15) is 9.59 Å². The Labute approximate surface area is 126 Å². The number of piperazine rings is 1. The first-order valence-electron chi connectivity index (χ1n) is 7.71. The second-order valence-corrected chi connectivity index (χ2v) is 5.80. The van der Waals surface area contributed by atoms with Crippen LogP contribution in [-0.2, 0) is 16.0 Å². The first-order chi connectivity index (χ1) is 9.96. The highest BCUT2D eigenvalue weighted by atomic mass is 16.2. The van der Waals surface area contributed by atoms with Crippen molar-refractivity contribution in [1.82, 2.24) is 5.32 Å². The molecule has 0 bridgehead atoms. The normalized spacial score (nSPS) is 25.9. The number of hydrogen-bond donors (Lipinski definition) is 1. The molecule has 0 aliphatic carbocycles. The lowest BCUT2D eigenvalue weighted by molar-refractivity contribution is -0.138. The van der Waals surface area contributed by atoms with E-state index in [1.807, 2.05) is 38.1 Å². The first kappa shape index (κ1) is 15.5. The molecule has 114 valence electrons. The van der Waals surface area contributed by atoms with E-state index in [1.54, 1.807) is 11.8 Å². The Kier molecular flexibility index (Phi) is 4.35. The molecule has 0 radical (unpaired) electrons. The Bertz CT molecular complexity index is 555. The lowest BCUT2D eigenvalue weighted by atomic mass is 9.90. The van der Waals surface area contributed by atoms with E-state index >= 15 is 0 Å². The van der Waals surface area contributed by atoms with Gasteiger partial charge in [0, 0.05) is 5.69 Å². The number of hydrogen-bond acceptors (Lipinski definition) is 2. The number of aryl methyl sites for hydroxylation is 1. The van der Waals surface area contributed by atoms with E-state index in [0.717, 1.165) is 12.1 Å². The maximum Gasteiger partial charge on any atom is 0.253 e. The zero-order valence-corrected chi connectivity index (χ0v) is 13.3. The van der Waals surface area contributed by atoms with Crippen LogP contribution in [-0.4, -0.2) is 23.4 Å². The van der Waals surface area contributed by atoms with Crippen LogP contribution in [0.5, 0.6) is 0 Å². The van der Waals surface area contributed by atoms with Crippen LogP contribution in [0.25, 0.3) is 0 Å². The van der Waals surface area contributed by atoms with Gasteiger partial charge in [-0.15, -0.1) is 0 Å². The number of rotatable bonds is 4. The standard InChI is InChI=1S/C17H24N2O2/c1-5-12-9-8-10-13(11-12)19-14(6-2)15(20)18-17(4,7-3)16(19)21/h8-11,14H,5-7H2,1-4H3,(H,18,20). The van der Waals surface area contributed by atoms with E-state index in [4.69, 9.17) is 0 Å². The van der Waals surface area contributed by atoms with Crippen molar-refractivity contribution >= 4 is 17.5 Å². The molecule has 1 fully saturated rings. The van der Waals surface area contributed by atoms with Crippen LogP contribution in [0.2, 0.25) is 0 Å². The number of carbonyl (C=O) groups is 2. The molecule has 1 heterocycles. The third kappa shape index (κ3) is 2.67. The van der Waals surface area contributed by atoms with E-state index in [1.165, 1.54) is 5.56 Å². The molecule has 4 nitrogen and oxygen atoms in total. The molecule has 1 N–H and O–H groups in total. The Morgan fingerprint density at radius 3 is 2.52 bits per heavy atom. The molecule has 21 heavy (non-hydrogen) atoms. The largest absolute Gasteiger partial charge is 0.340 e. The minimum Gasteiger partial charge on any atom is -0.340 e. The van der Waals surface area contributed by atoms with Gasteiger partial charge in [0.2, 0.25) is 5.91 Å². The van der Waals surface area contributed by atoms with Gasteiger partial charge in [-0.05, 0) is 43.9 Å². The third-order valence-corrected chi connectivity index (χ3v) is 4.40. The number of nitrogens with one attached hydrogen (secondary N) is 1. The first-order valence-corrected chi connectivity index (χ1v) is 7.71. The predicted octanol–water partition coefficient (Wildman–Crippen LogP) is 2.66. The SMILES string of the molecule is CCc1cccc(N2C(=O)C(C)(CC)NC(=O)C2CC)c1. The van der Waals surface area contributed by atoms with Gasteiger partial charge in [-0.2, -0.15) is 0 Å². The molecular weight excluding hydrogens is 264 g/mol. The number of anilines is 1. The molecule has 4 heteroatoms. The monoisotopic (exact) mass is 288 g/mol. The minimum absolute atomic E-state index is 0.0234. The van der Waals surface area contributed by atoms with Crippen molar-refractivity contribution < 1.29 is 9.59 Å². The molecular formula is C17H24N2O2. The number of nitrogens with zero attached hydrogens (tertiary/aromatic N) is 1. The van der Waals surface area contributed by atoms with Crippen molar-refractivity contribution in [3.05, 3.63) is 29.8 Å². The molecule has 1 saturated heterocycles. The molecule has 0 aromatic heterocycles. The van der Waals surface area contributed by atoms with Gasteiger partial charge in [0.15, 0.2) is 0 Å². The molecule has 1 aliphatic heterocycles. The molecule has 1 aliphatic rings. The molecule has 2 rings (SSSR count). The van der Waals surface area contributed by atoms with Crippen molar-refractivity contribution in [3.8, 4) is 0 Å². The fraction of sp³-hybridized carbons (Fsp3) is 0.529. The van der Waals surface area contributed by atoms with Crippen molar-refractivity contribution in [3.63, 3.8) is 0 Å². The fourth-order valence-electron chi connectivity index (χ4n) is 2.76. The van der Waals surface area contributed by atoms with Crippen LogP contribution in [0.1, 0.15) is 46.1 Å². The lowest BCUT2D eigenvalue weighted by Gasteiger charge is -2.44. The predicted molar refractivity (Wildman–Crippen MR) is 84.2 cm³/mol. The summed E-state index contributed by atoms with van der Waals surface area (Å²) < 4.78 is 0. The summed E-state index contributed by atoms with van der Waals surface area (Å²) in [7, 11) is 0. The van der Waals surface area contributed by atoms with Crippen molar-refractivity contribution in [1.29, 1.82) is 0 Å². The summed E-state index contributed by atoms with van der Waals surface area (Å²) in [6, 6.07) is 7.48. The van der Waals surface area contributed by atoms with Gasteiger partial charge < -0.3 is 5.32 Å². The Morgan fingerprint density at radius 1 is 1.24 bits per heavy atom. The topological polar surface area (TPSA) is 49.4 Å². The van der Waals surface area contributed by atoms with Gasteiger partial charge in [0.05, 0.1) is 0 Å². The average molecular weight is 288 g/mol. The summed E-state index contributed by atoms with van der Waals surface area (Å²) in [4.78, 5) is 27.0. The van der Waals surface area contributed by atoms with E-state index in [-0.39, 0.29) is 11.8 Å². The summed E-state index contributed by atoms with van der Waals surface area (Å²) in [5, 5.41) is 2.89. The van der Waals surface area contributed by atoms with Gasteiger partial charge >= 0.3 is 0 Å². The number of amides is 2. The Balaban J connectivity index is 2.49. The van der Waals surface area contributed by atoms with Crippen molar-refractivity contribution in [2.45, 2.75) is 58.5 Å². The van der Waals surface area contributed by atoms with E-state index in [2.05, 4.69) is 12.2 Å². The molecule has 2 unspecified atom stereocenters. The highest BCUT2D eigenvalue weighted by Crippen LogP contribution is 2.29. The molecule has 2 atom stereocenters. The number of carbonyl (C=O) groups excluding carboxylic acids is 2. The Morgan fingerprint density at radius 2 is 1.95 bits per heavy atom. The van der Waals surface area contributed by atoms with Crippen LogP contribution in [0.15, 0.2) is 24.3 Å². The highest BCUT2D eigenvalue weighted by molar-refractivity contribution is 6.10. The summed E-state index contributed by atoms with van der Waals surface area (Å²) in [5.74, 6) is -0.0898. The molecule has 1 aromatic carbocycles. The van der Waals surface area contributed by atoms with Crippen molar-refractivity contribution in [2.24, 2.45) is 0 Å². The molecule has 0 saturated carbocycles. The van der Waals surface area contributed by atoms with Crippen LogP contribution < -0.4 is 10.2 Å². The van der Waals surface area contributed by atoms with E-state index in [0.29, 0.717) is 12.8 Å². The molecule has 2 amide bonds. The summed E-state index contributed by atoms with van der Waals surface area (Å²) >= 11 is 0. The molecule has 1 aromatic rings. The maximum atomic E-state index is 12.9. The van der Waals surface area contributed by atoms with E-state index < -0.39 is 11.6 Å².